The fourth-order valence-electron chi connectivity index (χ4n) is 3.63. The van der Waals surface area contributed by atoms with Gasteiger partial charge in [0.25, 0.3) is 11.0 Å². The van der Waals surface area contributed by atoms with E-state index in [1.807, 2.05) is 11.0 Å². The minimum Gasteiger partial charge on any atom is -0.617 e. The SMILES string of the molecule is Cl.N#Cc1c(-c2ccccc2)[n+]([O-])c2cc(F)c(N3CCC(N)CC3)cc2[n+]1[O-]. The van der Waals surface area contributed by atoms with Gasteiger partial charge in [0.15, 0.2) is 11.9 Å². The van der Waals surface area contributed by atoms with E-state index in [0.717, 1.165) is 6.07 Å². The molecule has 2 aromatic carbocycles. The molecule has 9 heteroatoms. The molecule has 0 unspecified atom stereocenters. The van der Waals surface area contributed by atoms with E-state index in [2.05, 4.69) is 0 Å². The molecular formula is C20H19ClFN5O2. The van der Waals surface area contributed by atoms with Crippen molar-refractivity contribution in [3.05, 3.63) is 64.4 Å². The summed E-state index contributed by atoms with van der Waals surface area (Å²) >= 11 is 0. The zero-order valence-corrected chi connectivity index (χ0v) is 16.2. The minimum atomic E-state index is -0.587. The van der Waals surface area contributed by atoms with Gasteiger partial charge in [-0.15, -0.1) is 17.1 Å². The molecule has 0 radical (unpaired) electrons. The minimum absolute atomic E-state index is 0. The predicted molar refractivity (Wildman–Crippen MR) is 109 cm³/mol. The lowest BCUT2D eigenvalue weighted by Gasteiger charge is -2.32. The van der Waals surface area contributed by atoms with Crippen LogP contribution < -0.4 is 20.1 Å². The van der Waals surface area contributed by atoms with Crippen LogP contribution in [0.3, 0.4) is 0 Å². The lowest BCUT2D eigenvalue weighted by molar-refractivity contribution is -0.622. The van der Waals surface area contributed by atoms with E-state index in [-0.39, 0.29) is 46.6 Å². The summed E-state index contributed by atoms with van der Waals surface area (Å²) in [6, 6.07) is 12.7. The number of hydrogen-bond acceptors (Lipinski definition) is 5. The second-order valence-electron chi connectivity index (χ2n) is 6.88. The Bertz CT molecular complexity index is 1100. The molecule has 1 saturated heterocycles. The molecule has 1 fully saturated rings. The number of halogens is 2. The molecule has 0 amide bonds. The molecular weight excluding hydrogens is 397 g/mol. The summed E-state index contributed by atoms with van der Waals surface area (Å²) in [6.45, 7) is 1.13. The van der Waals surface area contributed by atoms with E-state index in [1.165, 1.54) is 6.07 Å². The van der Waals surface area contributed by atoms with Crippen LogP contribution in [-0.2, 0) is 0 Å². The number of nitrogens with zero attached hydrogens (tertiary/aromatic N) is 4. The van der Waals surface area contributed by atoms with Crippen LogP contribution in [-0.4, -0.2) is 19.1 Å². The van der Waals surface area contributed by atoms with Crippen LogP contribution in [0.1, 0.15) is 18.5 Å². The van der Waals surface area contributed by atoms with Gasteiger partial charge in [0, 0.05) is 25.2 Å². The Hall–Kier alpha value is -3.15. The van der Waals surface area contributed by atoms with E-state index in [4.69, 9.17) is 5.73 Å². The van der Waals surface area contributed by atoms with Gasteiger partial charge >= 0.3 is 11.4 Å². The first kappa shape index (κ1) is 20.6. The van der Waals surface area contributed by atoms with E-state index in [1.54, 1.807) is 30.3 Å². The molecule has 1 aliphatic heterocycles. The average molecular weight is 416 g/mol. The molecule has 0 atom stereocenters. The maximum Gasteiger partial charge on any atom is 0.369 e. The lowest BCUT2D eigenvalue weighted by Crippen LogP contribution is -2.44. The van der Waals surface area contributed by atoms with Crippen molar-refractivity contribution in [1.29, 1.82) is 5.26 Å². The topological polar surface area (TPSA) is 107 Å². The first-order valence-electron chi connectivity index (χ1n) is 8.99. The van der Waals surface area contributed by atoms with Crippen LogP contribution in [0.15, 0.2) is 42.5 Å². The van der Waals surface area contributed by atoms with Gasteiger partial charge in [0.2, 0.25) is 0 Å². The van der Waals surface area contributed by atoms with Gasteiger partial charge in [-0.05, 0) is 25.0 Å². The number of nitriles is 1. The Morgan fingerprint density at radius 2 is 1.69 bits per heavy atom. The maximum atomic E-state index is 14.8. The standard InChI is InChI=1S/C20H18FN5O2.ClH/c21-15-10-17-18(11-16(15)24-8-6-14(23)7-9-24)25(27)19(12-22)20(26(17)28)13-4-2-1-3-5-13;/h1-5,10-11,14H,6-9,23H2;1H. The molecule has 0 bridgehead atoms. The summed E-state index contributed by atoms with van der Waals surface area (Å²) in [5.41, 5.74) is 5.96. The highest BCUT2D eigenvalue weighted by atomic mass is 35.5. The molecule has 2 N–H and O–H groups in total. The van der Waals surface area contributed by atoms with Crippen LogP contribution >= 0.6 is 12.4 Å². The van der Waals surface area contributed by atoms with Crippen molar-refractivity contribution >= 4 is 29.1 Å². The van der Waals surface area contributed by atoms with E-state index >= 15 is 0 Å². The zero-order chi connectivity index (χ0) is 19.8. The lowest BCUT2D eigenvalue weighted by atomic mass is 10.0. The number of benzene rings is 2. The number of nitrogens with two attached hydrogens (primary N) is 1. The Morgan fingerprint density at radius 3 is 2.31 bits per heavy atom. The monoisotopic (exact) mass is 415 g/mol. The van der Waals surface area contributed by atoms with Gasteiger partial charge in [-0.25, -0.2) is 4.39 Å². The summed E-state index contributed by atoms with van der Waals surface area (Å²) in [5.74, 6) is -0.587. The molecule has 0 aliphatic carbocycles. The summed E-state index contributed by atoms with van der Waals surface area (Å²) in [6.07, 6.45) is 1.43. The smallest absolute Gasteiger partial charge is 0.369 e. The largest absolute Gasteiger partial charge is 0.617 e. The Kier molecular flexibility index (Phi) is 5.73. The summed E-state index contributed by atoms with van der Waals surface area (Å²) in [7, 11) is 0. The highest BCUT2D eigenvalue weighted by Crippen LogP contribution is 2.27. The van der Waals surface area contributed by atoms with Crippen molar-refractivity contribution in [1.82, 2.24) is 0 Å². The number of hydrogen-bond donors (Lipinski definition) is 1. The third-order valence-electron chi connectivity index (χ3n) is 5.15. The summed E-state index contributed by atoms with van der Waals surface area (Å²) in [4.78, 5) is 1.81. The Morgan fingerprint density at radius 1 is 1.07 bits per heavy atom. The molecule has 4 rings (SSSR count). The van der Waals surface area contributed by atoms with Gasteiger partial charge in [0.1, 0.15) is 0 Å². The summed E-state index contributed by atoms with van der Waals surface area (Å²) < 4.78 is 15.7. The van der Waals surface area contributed by atoms with Crippen LogP contribution in [0.5, 0.6) is 0 Å². The molecule has 0 spiro atoms. The molecule has 1 aromatic heterocycles. The highest BCUT2D eigenvalue weighted by Gasteiger charge is 2.32. The number of piperidine rings is 1. The van der Waals surface area contributed by atoms with Crippen molar-refractivity contribution < 1.29 is 13.9 Å². The number of aromatic nitrogens is 2. The first-order valence-corrected chi connectivity index (χ1v) is 8.99. The first-order chi connectivity index (χ1) is 13.5. The average Bonchev–Trinajstić information content (AvgIpc) is 2.71. The normalized spacial score (nSPS) is 14.4. The van der Waals surface area contributed by atoms with Crippen molar-refractivity contribution in [2.45, 2.75) is 18.9 Å². The molecule has 29 heavy (non-hydrogen) atoms. The molecule has 150 valence electrons. The second-order valence-corrected chi connectivity index (χ2v) is 6.88. The molecule has 2 heterocycles. The molecule has 1 aliphatic rings. The van der Waals surface area contributed by atoms with E-state index in [9.17, 15) is 20.1 Å². The quantitative estimate of drug-likeness (QED) is 0.509. The van der Waals surface area contributed by atoms with Crippen molar-refractivity contribution in [2.75, 3.05) is 18.0 Å². The van der Waals surface area contributed by atoms with Gasteiger partial charge in [-0.1, -0.05) is 18.2 Å². The molecule has 0 saturated carbocycles. The van der Waals surface area contributed by atoms with Crippen molar-refractivity contribution in [2.24, 2.45) is 5.73 Å². The fourth-order valence-corrected chi connectivity index (χ4v) is 3.63. The zero-order valence-electron chi connectivity index (χ0n) is 15.4. The van der Waals surface area contributed by atoms with Crippen LogP contribution in [0, 0.1) is 27.6 Å². The highest BCUT2D eigenvalue weighted by molar-refractivity contribution is 5.85. The Balaban J connectivity index is 0.00000240. The van der Waals surface area contributed by atoms with Crippen LogP contribution in [0.2, 0.25) is 0 Å². The third-order valence-corrected chi connectivity index (χ3v) is 5.15. The predicted octanol–water partition coefficient (Wildman–Crippen LogP) is 2.13. The summed E-state index contributed by atoms with van der Waals surface area (Å²) in [5, 5.41) is 35.4. The fraction of sp³-hybridized carbons (Fsp3) is 0.250. The van der Waals surface area contributed by atoms with Crippen molar-refractivity contribution in [3.8, 4) is 17.3 Å². The second kappa shape index (κ2) is 8.07. The van der Waals surface area contributed by atoms with Gasteiger partial charge in [-0.3, -0.25) is 0 Å². The number of anilines is 1. The van der Waals surface area contributed by atoms with Gasteiger partial charge in [0.05, 0.1) is 17.3 Å². The van der Waals surface area contributed by atoms with Gasteiger partial charge < -0.3 is 21.0 Å². The number of rotatable bonds is 2. The third kappa shape index (κ3) is 3.50. The van der Waals surface area contributed by atoms with Crippen molar-refractivity contribution in [3.63, 3.8) is 0 Å². The molecule has 7 nitrogen and oxygen atoms in total. The van der Waals surface area contributed by atoms with E-state index < -0.39 is 5.82 Å². The van der Waals surface area contributed by atoms with E-state index in [0.29, 0.717) is 41.0 Å². The Labute approximate surface area is 173 Å². The van der Waals surface area contributed by atoms with Gasteiger partial charge in [-0.2, -0.15) is 9.99 Å². The number of fused-ring (bicyclic) bond motifs is 1. The molecule has 3 aromatic rings. The maximum absolute atomic E-state index is 14.8. The van der Waals surface area contributed by atoms with Crippen LogP contribution in [0.25, 0.3) is 22.3 Å². The van der Waals surface area contributed by atoms with Crippen LogP contribution in [0.4, 0.5) is 10.1 Å².